The van der Waals surface area contributed by atoms with E-state index in [1.54, 1.807) is 0 Å². The Balaban J connectivity index is 2.26. The van der Waals surface area contributed by atoms with Gasteiger partial charge in [0.2, 0.25) is 0 Å². The Labute approximate surface area is 78.3 Å². The van der Waals surface area contributed by atoms with Gasteiger partial charge in [0.15, 0.2) is 0 Å². The van der Waals surface area contributed by atoms with Gasteiger partial charge in [-0.3, -0.25) is 16.3 Å². The minimum Gasteiger partial charge on any atom is -0.271 e. The highest BCUT2D eigenvalue weighted by Gasteiger charge is 2.32. The molecular weight excluding hydrogens is 162 g/mol. The standard InChI is InChI=1S/C10H15N3/c1-7-4-5-12-6-9(7)10(13-11)8-2-3-8/h4-6,8,10,13H,2-3,11H2,1H3. The predicted molar refractivity (Wildman–Crippen MR) is 51.8 cm³/mol. The van der Waals surface area contributed by atoms with Gasteiger partial charge in [0, 0.05) is 12.4 Å². The summed E-state index contributed by atoms with van der Waals surface area (Å²) in [6.07, 6.45) is 6.30. The molecule has 0 amide bonds. The Kier molecular flexibility index (Phi) is 2.29. The number of aryl methyl sites for hydroxylation is 1. The van der Waals surface area contributed by atoms with Gasteiger partial charge in [-0.15, -0.1) is 0 Å². The summed E-state index contributed by atoms with van der Waals surface area (Å²) in [5.41, 5.74) is 5.39. The molecule has 1 aromatic rings. The van der Waals surface area contributed by atoms with Crippen molar-refractivity contribution < 1.29 is 0 Å². The molecule has 3 heteroatoms. The van der Waals surface area contributed by atoms with Crippen LogP contribution in [0.1, 0.15) is 30.0 Å². The zero-order chi connectivity index (χ0) is 9.26. The van der Waals surface area contributed by atoms with Gasteiger partial charge in [-0.2, -0.15) is 0 Å². The molecule has 0 spiro atoms. The average Bonchev–Trinajstić information content (AvgIpc) is 2.93. The van der Waals surface area contributed by atoms with Crippen molar-refractivity contribution in [2.24, 2.45) is 11.8 Å². The molecule has 0 aliphatic heterocycles. The van der Waals surface area contributed by atoms with Crippen LogP contribution in [0.5, 0.6) is 0 Å². The molecule has 13 heavy (non-hydrogen) atoms. The first-order chi connectivity index (χ1) is 6.33. The van der Waals surface area contributed by atoms with Crippen LogP contribution in [0.3, 0.4) is 0 Å². The van der Waals surface area contributed by atoms with E-state index in [9.17, 15) is 0 Å². The van der Waals surface area contributed by atoms with Crippen LogP contribution in [0.4, 0.5) is 0 Å². The van der Waals surface area contributed by atoms with Gasteiger partial charge in [0.25, 0.3) is 0 Å². The molecule has 0 radical (unpaired) electrons. The van der Waals surface area contributed by atoms with E-state index < -0.39 is 0 Å². The lowest BCUT2D eigenvalue weighted by molar-refractivity contribution is 0.493. The number of hydrogen-bond donors (Lipinski definition) is 2. The van der Waals surface area contributed by atoms with Gasteiger partial charge >= 0.3 is 0 Å². The molecule has 2 rings (SSSR count). The predicted octanol–water partition coefficient (Wildman–Crippen LogP) is 1.30. The second kappa shape index (κ2) is 3.44. The summed E-state index contributed by atoms with van der Waals surface area (Å²) in [7, 11) is 0. The largest absolute Gasteiger partial charge is 0.271 e. The Morgan fingerprint density at radius 3 is 2.92 bits per heavy atom. The van der Waals surface area contributed by atoms with Gasteiger partial charge in [0.1, 0.15) is 0 Å². The number of nitrogens with two attached hydrogens (primary N) is 1. The summed E-state index contributed by atoms with van der Waals surface area (Å²) in [6.45, 7) is 2.10. The molecule has 3 N–H and O–H groups in total. The summed E-state index contributed by atoms with van der Waals surface area (Å²) in [4.78, 5) is 4.13. The quantitative estimate of drug-likeness (QED) is 0.540. The minimum absolute atomic E-state index is 0.300. The normalized spacial score (nSPS) is 18.6. The molecule has 0 saturated heterocycles. The van der Waals surface area contributed by atoms with Crippen molar-refractivity contribution in [2.75, 3.05) is 0 Å². The third-order valence-corrected chi connectivity index (χ3v) is 2.69. The first kappa shape index (κ1) is 8.66. The average molecular weight is 177 g/mol. The Hall–Kier alpha value is -0.930. The van der Waals surface area contributed by atoms with E-state index >= 15 is 0 Å². The maximum Gasteiger partial charge on any atom is 0.0506 e. The topological polar surface area (TPSA) is 50.9 Å². The fourth-order valence-corrected chi connectivity index (χ4v) is 1.71. The van der Waals surface area contributed by atoms with Crippen LogP contribution in [0.2, 0.25) is 0 Å². The number of nitrogens with one attached hydrogen (secondary N) is 1. The molecule has 1 aliphatic rings. The summed E-state index contributed by atoms with van der Waals surface area (Å²) in [5.74, 6) is 6.25. The lowest BCUT2D eigenvalue weighted by Crippen LogP contribution is -2.30. The molecule has 1 aromatic heterocycles. The molecule has 0 aromatic carbocycles. The molecule has 1 atom stereocenters. The molecule has 70 valence electrons. The van der Waals surface area contributed by atoms with E-state index in [0.29, 0.717) is 12.0 Å². The maximum absolute atomic E-state index is 5.54. The van der Waals surface area contributed by atoms with Crippen molar-refractivity contribution in [2.45, 2.75) is 25.8 Å². The van der Waals surface area contributed by atoms with Gasteiger partial charge in [0.05, 0.1) is 6.04 Å². The van der Waals surface area contributed by atoms with Crippen molar-refractivity contribution in [3.05, 3.63) is 29.6 Å². The minimum atomic E-state index is 0.300. The van der Waals surface area contributed by atoms with Crippen molar-refractivity contribution in [3.8, 4) is 0 Å². The molecule has 1 saturated carbocycles. The first-order valence-corrected chi connectivity index (χ1v) is 4.69. The second-order valence-electron chi connectivity index (χ2n) is 3.71. The Morgan fingerprint density at radius 1 is 1.62 bits per heavy atom. The zero-order valence-electron chi connectivity index (χ0n) is 7.83. The van der Waals surface area contributed by atoms with Crippen LogP contribution in [0.15, 0.2) is 18.5 Å². The van der Waals surface area contributed by atoms with Crippen LogP contribution >= 0.6 is 0 Å². The molecule has 1 heterocycles. The number of rotatable bonds is 3. The van der Waals surface area contributed by atoms with Crippen molar-refractivity contribution in [3.63, 3.8) is 0 Å². The highest BCUT2D eigenvalue weighted by Crippen LogP contribution is 2.40. The van der Waals surface area contributed by atoms with Gasteiger partial charge in [-0.1, -0.05) is 0 Å². The van der Waals surface area contributed by atoms with E-state index in [1.165, 1.54) is 24.0 Å². The monoisotopic (exact) mass is 177 g/mol. The van der Waals surface area contributed by atoms with Gasteiger partial charge in [-0.25, -0.2) is 0 Å². The van der Waals surface area contributed by atoms with Crippen LogP contribution in [0, 0.1) is 12.8 Å². The first-order valence-electron chi connectivity index (χ1n) is 4.69. The maximum atomic E-state index is 5.54. The Morgan fingerprint density at radius 2 is 2.38 bits per heavy atom. The van der Waals surface area contributed by atoms with E-state index in [4.69, 9.17) is 5.84 Å². The van der Waals surface area contributed by atoms with E-state index in [0.717, 1.165) is 0 Å². The Bertz CT molecular complexity index is 294. The summed E-state index contributed by atoms with van der Waals surface area (Å²) in [6, 6.07) is 2.33. The molecule has 1 aliphatic carbocycles. The smallest absolute Gasteiger partial charge is 0.0506 e. The SMILES string of the molecule is Cc1ccncc1C(NN)C1CC1. The summed E-state index contributed by atoms with van der Waals surface area (Å²) < 4.78 is 0. The molecular formula is C10H15N3. The highest BCUT2D eigenvalue weighted by atomic mass is 15.2. The van der Waals surface area contributed by atoms with E-state index in [-0.39, 0.29) is 0 Å². The highest BCUT2D eigenvalue weighted by molar-refractivity contribution is 5.26. The molecule has 0 bridgehead atoms. The van der Waals surface area contributed by atoms with Gasteiger partial charge < -0.3 is 0 Å². The van der Waals surface area contributed by atoms with Crippen LogP contribution in [-0.4, -0.2) is 4.98 Å². The number of pyridine rings is 1. The van der Waals surface area contributed by atoms with Crippen molar-refractivity contribution in [1.82, 2.24) is 10.4 Å². The van der Waals surface area contributed by atoms with Crippen LogP contribution < -0.4 is 11.3 Å². The molecule has 1 fully saturated rings. The van der Waals surface area contributed by atoms with Crippen LogP contribution in [0.25, 0.3) is 0 Å². The third-order valence-electron chi connectivity index (χ3n) is 2.69. The summed E-state index contributed by atoms with van der Waals surface area (Å²) >= 11 is 0. The lowest BCUT2D eigenvalue weighted by Gasteiger charge is -2.16. The number of nitrogens with zero attached hydrogens (tertiary/aromatic N) is 1. The number of hydrogen-bond acceptors (Lipinski definition) is 3. The third kappa shape index (κ3) is 1.71. The van der Waals surface area contributed by atoms with Gasteiger partial charge in [-0.05, 0) is 42.9 Å². The zero-order valence-corrected chi connectivity index (χ0v) is 7.83. The van der Waals surface area contributed by atoms with Crippen molar-refractivity contribution >= 4 is 0 Å². The van der Waals surface area contributed by atoms with Crippen molar-refractivity contribution in [1.29, 1.82) is 0 Å². The second-order valence-corrected chi connectivity index (χ2v) is 3.71. The lowest BCUT2D eigenvalue weighted by atomic mass is 10.0. The van der Waals surface area contributed by atoms with E-state index in [2.05, 4.69) is 17.3 Å². The fourth-order valence-electron chi connectivity index (χ4n) is 1.71. The van der Waals surface area contributed by atoms with Crippen LogP contribution in [-0.2, 0) is 0 Å². The molecule has 1 unspecified atom stereocenters. The number of hydrazine groups is 1. The fraction of sp³-hybridized carbons (Fsp3) is 0.500. The number of aromatic nitrogens is 1. The van der Waals surface area contributed by atoms with E-state index in [1.807, 2.05) is 18.5 Å². The molecule has 3 nitrogen and oxygen atoms in total. The summed E-state index contributed by atoms with van der Waals surface area (Å²) in [5, 5.41) is 0.